The molecule has 10 aromatic rings. The van der Waals surface area contributed by atoms with Crippen molar-refractivity contribution in [3.05, 3.63) is 149 Å². The van der Waals surface area contributed by atoms with Crippen molar-refractivity contribution < 1.29 is 4.42 Å². The fourth-order valence-corrected chi connectivity index (χ4v) is 13.1. The molecule has 0 amide bonds. The van der Waals surface area contributed by atoms with Crippen molar-refractivity contribution in [3.63, 3.8) is 0 Å². The molecule has 5 heteroatoms. The van der Waals surface area contributed by atoms with E-state index in [1.165, 1.54) is 120 Å². The molecule has 0 bridgehead atoms. The number of furan rings is 1. The summed E-state index contributed by atoms with van der Waals surface area (Å²) in [6.07, 6.45) is 0. The summed E-state index contributed by atoms with van der Waals surface area (Å²) in [7, 11) is 0. The molecule has 314 valence electrons. The molecule has 0 N–H and O–H groups in total. The Bertz CT molecular complexity index is 3700. The van der Waals surface area contributed by atoms with Crippen molar-refractivity contribution in [3.8, 4) is 27.9 Å². The van der Waals surface area contributed by atoms with Crippen LogP contribution in [0.1, 0.15) is 104 Å². The van der Waals surface area contributed by atoms with E-state index in [-0.39, 0.29) is 28.5 Å². The van der Waals surface area contributed by atoms with Gasteiger partial charge >= 0.3 is 6.85 Å². The second kappa shape index (κ2) is 12.2. The Kier molecular flexibility index (Phi) is 7.32. The average molecular weight is 849 g/mol. The van der Waals surface area contributed by atoms with Gasteiger partial charge in [-0.2, -0.15) is 0 Å². The molecule has 0 spiro atoms. The van der Waals surface area contributed by atoms with Gasteiger partial charge in [-0.3, -0.25) is 0 Å². The van der Waals surface area contributed by atoms with Crippen LogP contribution in [0.2, 0.25) is 0 Å². The number of benzene rings is 7. The van der Waals surface area contributed by atoms with Crippen LogP contribution in [0, 0.1) is 0 Å². The fraction of sp³-hybridized carbons (Fsp3) is 0.254. The van der Waals surface area contributed by atoms with Gasteiger partial charge in [-0.1, -0.05) is 143 Å². The van der Waals surface area contributed by atoms with Gasteiger partial charge in [-0.15, -0.1) is 11.3 Å². The maximum absolute atomic E-state index is 7.48. The van der Waals surface area contributed by atoms with Gasteiger partial charge in [0.15, 0.2) is 0 Å². The molecule has 0 atom stereocenters. The SMILES string of the molecule is CC(C)(C)c1ccc(N2B3c4oc5ccc(C(C)(C)C)cc5c4-n4c5ccc(C(C)(C)C)cc5c5c6sc7ccccc7c6c(c3c54)-c3cc4c(cc32)-c2ccccc2C4(C)C)cc1. The summed E-state index contributed by atoms with van der Waals surface area (Å²) >= 11 is 1.96. The quantitative estimate of drug-likeness (QED) is 0.154. The topological polar surface area (TPSA) is 21.3 Å². The summed E-state index contributed by atoms with van der Waals surface area (Å²) in [4.78, 5) is 2.66. The highest BCUT2D eigenvalue weighted by Gasteiger charge is 2.50. The highest BCUT2D eigenvalue weighted by atomic mass is 32.1. The molecular weight excluding hydrogens is 796 g/mol. The standard InChI is InChI=1S/C59H53BN2OS/c1-56(2,3)32-20-24-35(25-21-32)62-45-31-38-36-16-12-14-18-42(36)59(10,11)43(38)30-40(45)48-49-37-17-13-15-19-47(37)64-54(49)50-39-28-33(57(4,5)6)22-26-44(39)61-52-41-29-34(58(7,8)9)23-27-46(41)63-55(52)60(62)51(48)53(50)61/h12-31H,1-11H3. The molecule has 13 rings (SSSR count). The fourth-order valence-electron chi connectivity index (χ4n) is 11.8. The average Bonchev–Trinajstić information content (AvgIpc) is 3.98. The predicted octanol–water partition coefficient (Wildman–Crippen LogP) is 15.3. The number of anilines is 2. The van der Waals surface area contributed by atoms with Crippen LogP contribution in [0.25, 0.3) is 80.9 Å². The van der Waals surface area contributed by atoms with Gasteiger partial charge in [-0.25, -0.2) is 0 Å². The van der Waals surface area contributed by atoms with Crippen molar-refractivity contribution in [2.24, 2.45) is 0 Å². The third kappa shape index (κ3) is 4.89. The van der Waals surface area contributed by atoms with E-state index in [0.29, 0.717) is 0 Å². The van der Waals surface area contributed by atoms with Crippen LogP contribution in [0.3, 0.4) is 0 Å². The minimum atomic E-state index is -0.240. The highest BCUT2D eigenvalue weighted by molar-refractivity contribution is 7.27. The smallest absolute Gasteiger partial charge is 0.375 e. The van der Waals surface area contributed by atoms with Gasteiger partial charge in [-0.05, 0) is 121 Å². The minimum Gasteiger partial charge on any atom is -0.466 e. The maximum Gasteiger partial charge on any atom is 0.375 e. The second-order valence-corrected chi connectivity index (χ2v) is 23.6. The monoisotopic (exact) mass is 848 g/mol. The lowest BCUT2D eigenvalue weighted by atomic mass is 9.46. The Labute approximate surface area is 380 Å². The summed E-state index contributed by atoms with van der Waals surface area (Å²) in [5.74, 6) is 0. The van der Waals surface area contributed by atoms with E-state index in [2.05, 4.69) is 207 Å². The van der Waals surface area contributed by atoms with E-state index in [1.54, 1.807) is 0 Å². The number of nitrogens with zero attached hydrogens (tertiary/aromatic N) is 2. The van der Waals surface area contributed by atoms with E-state index in [1.807, 2.05) is 11.3 Å². The van der Waals surface area contributed by atoms with Crippen LogP contribution in [0.4, 0.5) is 11.4 Å². The first kappa shape index (κ1) is 38.4. The summed E-state index contributed by atoms with van der Waals surface area (Å²) < 4.78 is 12.8. The molecule has 3 aliphatic rings. The van der Waals surface area contributed by atoms with Gasteiger partial charge < -0.3 is 13.8 Å². The Balaban J connectivity index is 1.28. The van der Waals surface area contributed by atoms with Crippen molar-refractivity contribution >= 4 is 93.6 Å². The summed E-state index contributed by atoms with van der Waals surface area (Å²) in [5.41, 5.74) is 21.2. The van der Waals surface area contributed by atoms with Crippen LogP contribution in [0.5, 0.6) is 0 Å². The number of aromatic nitrogens is 1. The third-order valence-electron chi connectivity index (χ3n) is 15.2. The highest BCUT2D eigenvalue weighted by Crippen LogP contribution is 2.57. The van der Waals surface area contributed by atoms with Crippen molar-refractivity contribution in [2.45, 2.75) is 97.8 Å². The first-order valence-electron chi connectivity index (χ1n) is 23.1. The number of thiophene rings is 1. The molecule has 3 nitrogen and oxygen atoms in total. The van der Waals surface area contributed by atoms with Crippen LogP contribution >= 0.6 is 11.3 Å². The normalized spacial score (nSPS) is 15.2. The van der Waals surface area contributed by atoms with Gasteiger partial charge in [0.05, 0.1) is 16.7 Å². The second-order valence-electron chi connectivity index (χ2n) is 22.6. The molecule has 0 unspecified atom stereocenters. The predicted molar refractivity (Wildman–Crippen MR) is 276 cm³/mol. The molecule has 1 aliphatic carbocycles. The first-order chi connectivity index (χ1) is 30.4. The summed E-state index contributed by atoms with van der Waals surface area (Å²) in [5, 5.41) is 6.52. The lowest BCUT2D eigenvalue weighted by molar-refractivity contribution is 0.590. The summed E-state index contributed by atoms with van der Waals surface area (Å²) in [6.45, 7) is 25.5. The largest absolute Gasteiger partial charge is 0.466 e. The Morgan fingerprint density at radius 1 is 0.578 bits per heavy atom. The lowest BCUT2D eigenvalue weighted by Crippen LogP contribution is -2.60. The molecule has 7 aromatic carbocycles. The molecule has 3 aromatic heterocycles. The van der Waals surface area contributed by atoms with Crippen molar-refractivity contribution in [1.82, 2.24) is 4.57 Å². The molecule has 64 heavy (non-hydrogen) atoms. The van der Waals surface area contributed by atoms with E-state index in [0.717, 1.165) is 11.2 Å². The Hall–Kier alpha value is -6.04. The van der Waals surface area contributed by atoms with Crippen LogP contribution in [0.15, 0.2) is 126 Å². The van der Waals surface area contributed by atoms with Gasteiger partial charge in [0.25, 0.3) is 0 Å². The lowest BCUT2D eigenvalue weighted by Gasteiger charge is -2.41. The number of hydrogen-bond acceptors (Lipinski definition) is 3. The third-order valence-corrected chi connectivity index (χ3v) is 16.4. The van der Waals surface area contributed by atoms with Crippen LogP contribution in [-0.2, 0) is 21.7 Å². The number of fused-ring (bicyclic) bond motifs is 18. The molecule has 5 heterocycles. The van der Waals surface area contributed by atoms with Crippen LogP contribution < -0.4 is 15.9 Å². The summed E-state index contributed by atoms with van der Waals surface area (Å²) in [6, 6.07) is 47.0. The molecular formula is C59H53BN2OS. The van der Waals surface area contributed by atoms with E-state index >= 15 is 0 Å². The van der Waals surface area contributed by atoms with E-state index < -0.39 is 0 Å². The van der Waals surface area contributed by atoms with Crippen LogP contribution in [-0.4, -0.2) is 11.4 Å². The van der Waals surface area contributed by atoms with Gasteiger partial charge in [0, 0.05) is 58.7 Å². The van der Waals surface area contributed by atoms with Gasteiger partial charge in [0.1, 0.15) is 11.2 Å². The van der Waals surface area contributed by atoms with Crippen molar-refractivity contribution in [2.75, 3.05) is 4.81 Å². The zero-order chi connectivity index (χ0) is 44.1. The zero-order valence-corrected chi connectivity index (χ0v) is 39.7. The maximum atomic E-state index is 7.48. The van der Waals surface area contributed by atoms with Gasteiger partial charge in [0.2, 0.25) is 0 Å². The molecule has 2 aliphatic heterocycles. The minimum absolute atomic E-state index is 0.0202. The van der Waals surface area contributed by atoms with Crippen molar-refractivity contribution in [1.29, 1.82) is 0 Å². The molecule has 0 saturated carbocycles. The first-order valence-corrected chi connectivity index (χ1v) is 23.9. The number of rotatable bonds is 1. The molecule has 0 radical (unpaired) electrons. The Morgan fingerprint density at radius 2 is 1.23 bits per heavy atom. The Morgan fingerprint density at radius 3 is 1.97 bits per heavy atom. The molecule has 0 fully saturated rings. The zero-order valence-electron chi connectivity index (χ0n) is 38.8. The molecule has 0 saturated heterocycles. The van der Waals surface area contributed by atoms with E-state index in [9.17, 15) is 0 Å². The number of hydrogen-bond donors (Lipinski definition) is 0. The van der Waals surface area contributed by atoms with E-state index in [4.69, 9.17) is 4.42 Å².